The minimum absolute atomic E-state index is 0. The first-order valence-corrected chi connectivity index (χ1v) is 5.12. The van der Waals surface area contributed by atoms with Gasteiger partial charge >= 0.3 is 5.97 Å². The standard InChI is InChI=1S/C11H14N2O4.ClH/c1-7(12)11(14)17-8(2)9-3-5-10(6-4-9)13(15)16;/h3-8H,12H2,1-2H3;1H/t7-,8?;/m0./s1. The van der Waals surface area contributed by atoms with Gasteiger partial charge < -0.3 is 10.5 Å². The molecule has 18 heavy (non-hydrogen) atoms. The Balaban J connectivity index is 0.00000289. The molecule has 0 fully saturated rings. The minimum atomic E-state index is -0.685. The van der Waals surface area contributed by atoms with Gasteiger partial charge in [0.2, 0.25) is 0 Å². The molecule has 0 saturated heterocycles. The predicted octanol–water partition coefficient (Wildman–Crippen LogP) is 1.97. The van der Waals surface area contributed by atoms with Crippen molar-refractivity contribution >= 4 is 24.1 Å². The van der Waals surface area contributed by atoms with Gasteiger partial charge in [-0.15, -0.1) is 12.4 Å². The van der Waals surface area contributed by atoms with Gasteiger partial charge in [-0.2, -0.15) is 0 Å². The summed E-state index contributed by atoms with van der Waals surface area (Å²) in [5, 5.41) is 10.5. The summed E-state index contributed by atoms with van der Waals surface area (Å²) in [6.45, 7) is 3.21. The summed E-state index contributed by atoms with van der Waals surface area (Å²) in [5.74, 6) is -0.504. The van der Waals surface area contributed by atoms with E-state index in [-0.39, 0.29) is 18.1 Å². The van der Waals surface area contributed by atoms with Crippen LogP contribution in [0.1, 0.15) is 25.5 Å². The Morgan fingerprint density at radius 1 is 1.33 bits per heavy atom. The van der Waals surface area contributed by atoms with E-state index in [1.807, 2.05) is 0 Å². The second kappa shape index (κ2) is 6.93. The van der Waals surface area contributed by atoms with Crippen LogP contribution in [0.3, 0.4) is 0 Å². The number of esters is 1. The number of carbonyl (C=O) groups excluding carboxylic acids is 1. The highest BCUT2D eigenvalue weighted by Gasteiger charge is 2.15. The number of nitro benzene ring substituents is 1. The maximum Gasteiger partial charge on any atom is 0.323 e. The van der Waals surface area contributed by atoms with Crippen molar-refractivity contribution in [2.75, 3.05) is 0 Å². The molecule has 0 aliphatic rings. The summed E-state index contributed by atoms with van der Waals surface area (Å²) in [6, 6.07) is 5.15. The topological polar surface area (TPSA) is 95.5 Å². The fourth-order valence-corrected chi connectivity index (χ4v) is 1.22. The van der Waals surface area contributed by atoms with Crippen molar-refractivity contribution in [1.82, 2.24) is 0 Å². The number of benzene rings is 1. The van der Waals surface area contributed by atoms with Gasteiger partial charge in [0.25, 0.3) is 5.69 Å². The number of nitrogens with zero attached hydrogens (tertiary/aromatic N) is 1. The molecule has 0 aliphatic carbocycles. The van der Waals surface area contributed by atoms with E-state index in [1.165, 1.54) is 19.1 Å². The van der Waals surface area contributed by atoms with Crippen molar-refractivity contribution in [3.05, 3.63) is 39.9 Å². The first kappa shape index (κ1) is 16.3. The highest BCUT2D eigenvalue weighted by molar-refractivity contribution is 5.85. The lowest BCUT2D eigenvalue weighted by Gasteiger charge is -2.14. The second-order valence-corrected chi connectivity index (χ2v) is 3.72. The van der Waals surface area contributed by atoms with Gasteiger partial charge in [0.05, 0.1) is 4.92 Å². The van der Waals surface area contributed by atoms with Crippen LogP contribution in [-0.2, 0) is 9.53 Å². The van der Waals surface area contributed by atoms with E-state index >= 15 is 0 Å². The van der Waals surface area contributed by atoms with E-state index in [1.54, 1.807) is 19.1 Å². The summed E-state index contributed by atoms with van der Waals surface area (Å²) >= 11 is 0. The van der Waals surface area contributed by atoms with E-state index in [0.717, 1.165) is 0 Å². The van der Waals surface area contributed by atoms with Gasteiger partial charge in [-0.3, -0.25) is 14.9 Å². The maximum absolute atomic E-state index is 11.2. The van der Waals surface area contributed by atoms with Crippen LogP contribution in [0, 0.1) is 10.1 Å². The lowest BCUT2D eigenvalue weighted by atomic mass is 10.1. The highest BCUT2D eigenvalue weighted by Crippen LogP contribution is 2.20. The Bertz CT molecular complexity index is 420. The molecule has 0 spiro atoms. The summed E-state index contributed by atoms with van der Waals surface area (Å²) in [5.41, 5.74) is 6.05. The van der Waals surface area contributed by atoms with E-state index < -0.39 is 23.0 Å². The van der Waals surface area contributed by atoms with E-state index in [4.69, 9.17) is 10.5 Å². The zero-order chi connectivity index (χ0) is 13.0. The first-order valence-electron chi connectivity index (χ1n) is 5.12. The van der Waals surface area contributed by atoms with Crippen molar-refractivity contribution in [1.29, 1.82) is 0 Å². The van der Waals surface area contributed by atoms with Crippen LogP contribution < -0.4 is 5.73 Å². The number of hydrogen-bond acceptors (Lipinski definition) is 5. The SMILES string of the molecule is CC(OC(=O)[C@H](C)N)c1ccc([N+](=O)[O-])cc1.Cl. The van der Waals surface area contributed by atoms with Gasteiger partial charge in [0.15, 0.2) is 0 Å². The highest BCUT2D eigenvalue weighted by atomic mass is 35.5. The number of hydrogen-bond donors (Lipinski definition) is 1. The Morgan fingerprint density at radius 3 is 2.22 bits per heavy atom. The maximum atomic E-state index is 11.2. The van der Waals surface area contributed by atoms with E-state index in [9.17, 15) is 14.9 Å². The molecule has 1 unspecified atom stereocenters. The molecule has 0 saturated carbocycles. The minimum Gasteiger partial charge on any atom is -0.457 e. The monoisotopic (exact) mass is 274 g/mol. The smallest absolute Gasteiger partial charge is 0.323 e. The van der Waals surface area contributed by atoms with Crippen molar-refractivity contribution in [2.45, 2.75) is 26.0 Å². The van der Waals surface area contributed by atoms with E-state index in [2.05, 4.69) is 0 Å². The van der Waals surface area contributed by atoms with Crippen LogP contribution in [0.2, 0.25) is 0 Å². The number of nitro groups is 1. The zero-order valence-electron chi connectivity index (χ0n) is 10.0. The molecule has 0 heterocycles. The molecule has 2 atom stereocenters. The number of nitrogens with two attached hydrogens (primary N) is 1. The van der Waals surface area contributed by atoms with Crippen LogP contribution >= 0.6 is 12.4 Å². The Kier molecular flexibility index (Phi) is 6.29. The lowest BCUT2D eigenvalue weighted by molar-refractivity contribution is -0.384. The van der Waals surface area contributed by atoms with Crippen LogP contribution in [0.25, 0.3) is 0 Å². The van der Waals surface area contributed by atoms with Crippen LogP contribution in [-0.4, -0.2) is 16.9 Å². The normalized spacial score (nSPS) is 13.1. The van der Waals surface area contributed by atoms with E-state index in [0.29, 0.717) is 5.56 Å². The largest absolute Gasteiger partial charge is 0.457 e. The molecule has 0 aromatic heterocycles. The molecule has 100 valence electrons. The Labute approximate surface area is 111 Å². The molecular formula is C11H15ClN2O4. The average Bonchev–Trinajstić information content (AvgIpc) is 2.28. The van der Waals surface area contributed by atoms with Gasteiger partial charge in [0, 0.05) is 12.1 Å². The second-order valence-electron chi connectivity index (χ2n) is 3.72. The lowest BCUT2D eigenvalue weighted by Crippen LogP contribution is -2.29. The number of rotatable bonds is 4. The average molecular weight is 275 g/mol. The fourth-order valence-electron chi connectivity index (χ4n) is 1.22. The van der Waals surface area contributed by atoms with Gasteiger partial charge in [-0.1, -0.05) is 0 Å². The quantitative estimate of drug-likeness (QED) is 0.514. The predicted molar refractivity (Wildman–Crippen MR) is 68.5 cm³/mol. The van der Waals surface area contributed by atoms with Crippen LogP contribution in [0.4, 0.5) is 5.69 Å². The number of halogens is 1. The Hall–Kier alpha value is -1.66. The number of carbonyl (C=O) groups is 1. The molecule has 0 aliphatic heterocycles. The molecule has 0 radical (unpaired) electrons. The summed E-state index contributed by atoms with van der Waals surface area (Å²) in [6.07, 6.45) is -0.477. The third-order valence-electron chi connectivity index (χ3n) is 2.24. The molecule has 1 aromatic rings. The number of ether oxygens (including phenoxy) is 1. The van der Waals surface area contributed by atoms with Crippen LogP contribution in [0.5, 0.6) is 0 Å². The Morgan fingerprint density at radius 2 is 1.83 bits per heavy atom. The van der Waals surface area contributed by atoms with Gasteiger partial charge in [0.1, 0.15) is 12.1 Å². The molecule has 0 amide bonds. The first-order chi connectivity index (χ1) is 7.91. The van der Waals surface area contributed by atoms with Gasteiger partial charge in [-0.25, -0.2) is 0 Å². The molecule has 6 nitrogen and oxygen atoms in total. The summed E-state index contributed by atoms with van der Waals surface area (Å²) in [4.78, 5) is 21.2. The fraction of sp³-hybridized carbons (Fsp3) is 0.364. The molecule has 1 aromatic carbocycles. The summed E-state index contributed by atoms with van der Waals surface area (Å²) in [7, 11) is 0. The zero-order valence-corrected chi connectivity index (χ0v) is 10.8. The molecule has 7 heteroatoms. The third kappa shape index (κ3) is 4.31. The third-order valence-corrected chi connectivity index (χ3v) is 2.24. The van der Waals surface area contributed by atoms with Crippen LogP contribution in [0.15, 0.2) is 24.3 Å². The van der Waals surface area contributed by atoms with Crippen molar-refractivity contribution < 1.29 is 14.5 Å². The molecule has 2 N–H and O–H groups in total. The van der Waals surface area contributed by atoms with Gasteiger partial charge in [-0.05, 0) is 31.5 Å². The summed E-state index contributed by atoms with van der Waals surface area (Å²) < 4.78 is 5.06. The van der Waals surface area contributed by atoms with Crippen molar-refractivity contribution in [3.8, 4) is 0 Å². The number of non-ortho nitro benzene ring substituents is 1. The van der Waals surface area contributed by atoms with Crippen molar-refractivity contribution in [3.63, 3.8) is 0 Å². The molecule has 0 bridgehead atoms. The molecule has 1 rings (SSSR count). The molecular weight excluding hydrogens is 260 g/mol. The van der Waals surface area contributed by atoms with Crippen molar-refractivity contribution in [2.24, 2.45) is 5.73 Å².